The first-order valence-electron chi connectivity index (χ1n) is 11.9. The maximum absolute atomic E-state index is 12.5. The Morgan fingerprint density at radius 1 is 1.03 bits per heavy atom. The number of aromatic nitrogens is 5. The molecule has 2 aromatic heterocycles. The van der Waals surface area contributed by atoms with E-state index in [0.29, 0.717) is 29.5 Å². The van der Waals surface area contributed by atoms with Crippen LogP contribution in [-0.2, 0) is 32.8 Å². The summed E-state index contributed by atoms with van der Waals surface area (Å²) >= 11 is 0. The molecule has 0 saturated carbocycles. The smallest absolute Gasteiger partial charge is 0.225 e. The van der Waals surface area contributed by atoms with Crippen LogP contribution in [0.15, 0.2) is 53.7 Å². The number of pyridine rings is 1. The Hall–Kier alpha value is -3.70. The summed E-state index contributed by atoms with van der Waals surface area (Å²) in [5.74, 6) is 0.720. The molecule has 0 spiro atoms. The highest BCUT2D eigenvalue weighted by Crippen LogP contribution is 2.13. The van der Waals surface area contributed by atoms with Gasteiger partial charge in [-0.05, 0) is 50.3 Å². The van der Waals surface area contributed by atoms with Gasteiger partial charge in [-0.1, -0.05) is 41.6 Å². The van der Waals surface area contributed by atoms with Crippen LogP contribution in [0.3, 0.4) is 0 Å². The molecule has 0 atom stereocenters. The Bertz CT molecular complexity index is 1120. The topological polar surface area (TPSA) is 126 Å². The largest absolute Gasteiger partial charge is 0.389 e. The van der Waals surface area contributed by atoms with Crippen LogP contribution in [0.1, 0.15) is 57.6 Å². The van der Waals surface area contributed by atoms with Crippen molar-refractivity contribution >= 4 is 17.4 Å². The predicted octanol–water partition coefficient (Wildman–Crippen LogP) is 3.47. The zero-order chi connectivity index (χ0) is 25.9. The van der Waals surface area contributed by atoms with Crippen molar-refractivity contribution in [2.45, 2.75) is 65.6 Å². The van der Waals surface area contributed by atoms with Crippen LogP contribution < -0.4 is 5.32 Å². The molecule has 0 bridgehead atoms. The van der Waals surface area contributed by atoms with Crippen LogP contribution in [0.25, 0.3) is 0 Å². The summed E-state index contributed by atoms with van der Waals surface area (Å²) in [7, 11) is 1.73. The van der Waals surface area contributed by atoms with Crippen molar-refractivity contribution < 1.29 is 19.1 Å². The molecule has 1 N–H and O–H groups in total. The van der Waals surface area contributed by atoms with E-state index in [2.05, 4.69) is 31.0 Å². The third kappa shape index (κ3) is 8.51. The number of anilines is 1. The lowest BCUT2D eigenvalue weighted by Gasteiger charge is -2.22. The van der Waals surface area contributed by atoms with E-state index in [-0.39, 0.29) is 31.1 Å². The monoisotopic (exact) mass is 495 g/mol. The molecule has 1 amide bonds. The fourth-order valence-electron chi connectivity index (χ4n) is 3.27. The van der Waals surface area contributed by atoms with Gasteiger partial charge in [0.25, 0.3) is 0 Å². The number of ether oxygens (including phenoxy) is 2. The number of nitrogens with one attached hydrogen (secondary N) is 1. The predicted molar refractivity (Wildman–Crippen MR) is 134 cm³/mol. The Labute approximate surface area is 210 Å². The Balaban J connectivity index is 1.60. The SMILES string of the molecule is CC(C)OC(CCC(=O)Nc1cccc(CON=C(c2ccccc2)c2nnnn2C)n1)OC(C)C. The van der Waals surface area contributed by atoms with Crippen molar-refractivity contribution in [2.24, 2.45) is 12.2 Å². The molecule has 0 aliphatic rings. The second-order valence-corrected chi connectivity index (χ2v) is 8.61. The number of carbonyl (C=O) groups is 1. The van der Waals surface area contributed by atoms with E-state index < -0.39 is 6.29 Å². The molecule has 36 heavy (non-hydrogen) atoms. The number of tetrazole rings is 1. The normalized spacial score (nSPS) is 11.9. The molecule has 0 fully saturated rings. The second-order valence-electron chi connectivity index (χ2n) is 8.61. The van der Waals surface area contributed by atoms with Crippen LogP contribution in [-0.4, -0.2) is 55.3 Å². The van der Waals surface area contributed by atoms with Gasteiger partial charge in [-0.25, -0.2) is 9.67 Å². The van der Waals surface area contributed by atoms with Crippen molar-refractivity contribution in [2.75, 3.05) is 5.32 Å². The van der Waals surface area contributed by atoms with Gasteiger partial charge in [-0.2, -0.15) is 0 Å². The third-order valence-electron chi connectivity index (χ3n) is 4.78. The van der Waals surface area contributed by atoms with Crippen molar-refractivity contribution in [3.05, 3.63) is 65.6 Å². The average molecular weight is 496 g/mol. The second kappa shape index (κ2) is 13.4. The molecule has 3 aromatic rings. The molecule has 0 unspecified atom stereocenters. The summed E-state index contributed by atoms with van der Waals surface area (Å²) < 4.78 is 13.0. The van der Waals surface area contributed by atoms with E-state index in [0.717, 1.165) is 5.56 Å². The average Bonchev–Trinajstić information content (AvgIpc) is 3.26. The van der Waals surface area contributed by atoms with Crippen molar-refractivity contribution in [3.63, 3.8) is 0 Å². The molecule has 3 rings (SSSR count). The molecule has 192 valence electrons. The number of carbonyl (C=O) groups excluding carboxylic acids is 1. The molecule has 0 saturated heterocycles. The minimum Gasteiger partial charge on any atom is -0.389 e. The highest BCUT2D eigenvalue weighted by Gasteiger charge is 2.17. The first-order chi connectivity index (χ1) is 17.3. The summed E-state index contributed by atoms with van der Waals surface area (Å²) in [5, 5.41) is 18.7. The summed E-state index contributed by atoms with van der Waals surface area (Å²) in [6.45, 7) is 7.84. The summed E-state index contributed by atoms with van der Waals surface area (Å²) in [6, 6.07) is 14.8. The van der Waals surface area contributed by atoms with Gasteiger partial charge in [0.2, 0.25) is 11.7 Å². The molecule has 1 aromatic carbocycles. The highest BCUT2D eigenvalue weighted by atomic mass is 16.7. The van der Waals surface area contributed by atoms with E-state index in [9.17, 15) is 4.79 Å². The van der Waals surface area contributed by atoms with Crippen LogP contribution in [0.5, 0.6) is 0 Å². The fraction of sp³-hybridized carbons (Fsp3) is 0.440. The Morgan fingerprint density at radius 3 is 2.39 bits per heavy atom. The number of aryl methyl sites for hydroxylation is 1. The quantitative estimate of drug-likeness (QED) is 0.217. The van der Waals surface area contributed by atoms with Crippen LogP contribution in [0, 0.1) is 0 Å². The van der Waals surface area contributed by atoms with Gasteiger partial charge in [0, 0.05) is 25.5 Å². The summed E-state index contributed by atoms with van der Waals surface area (Å²) in [6.07, 6.45) is 0.251. The fourth-order valence-corrected chi connectivity index (χ4v) is 3.27. The number of amides is 1. The number of nitrogens with zero attached hydrogens (tertiary/aromatic N) is 6. The van der Waals surface area contributed by atoms with E-state index in [1.807, 2.05) is 58.0 Å². The molecule has 0 aliphatic heterocycles. The van der Waals surface area contributed by atoms with E-state index in [4.69, 9.17) is 14.3 Å². The number of benzene rings is 1. The minimum atomic E-state index is -0.441. The molecule has 2 heterocycles. The lowest BCUT2D eigenvalue weighted by molar-refractivity contribution is -0.184. The molecule has 0 radical (unpaired) electrons. The van der Waals surface area contributed by atoms with Crippen LogP contribution >= 0.6 is 0 Å². The number of oxime groups is 1. The van der Waals surface area contributed by atoms with Gasteiger partial charge in [0.15, 0.2) is 18.6 Å². The maximum atomic E-state index is 12.5. The van der Waals surface area contributed by atoms with E-state index >= 15 is 0 Å². The third-order valence-corrected chi connectivity index (χ3v) is 4.78. The summed E-state index contributed by atoms with van der Waals surface area (Å²) in [4.78, 5) is 22.5. The van der Waals surface area contributed by atoms with Crippen molar-refractivity contribution in [1.82, 2.24) is 25.2 Å². The number of hydrogen-bond donors (Lipinski definition) is 1. The number of rotatable bonds is 13. The van der Waals surface area contributed by atoms with Crippen molar-refractivity contribution in [3.8, 4) is 0 Å². The maximum Gasteiger partial charge on any atom is 0.225 e. The Kier molecular flexibility index (Phi) is 10.0. The van der Waals surface area contributed by atoms with Gasteiger partial charge in [0.05, 0.1) is 17.9 Å². The molecule has 11 heteroatoms. The minimum absolute atomic E-state index is 0.00477. The van der Waals surface area contributed by atoms with Gasteiger partial charge < -0.3 is 19.6 Å². The molecule has 0 aliphatic carbocycles. The standard InChI is InChI=1S/C25H33N7O4/c1-17(2)35-23(36-18(3)4)15-14-22(33)27-21-13-9-12-20(26-21)16-34-29-24(19-10-7-6-8-11-19)25-28-30-31-32(25)5/h6-13,17-18,23H,14-16H2,1-5H3,(H,26,27,33). The van der Waals surface area contributed by atoms with E-state index in [1.165, 1.54) is 4.68 Å². The number of hydrogen-bond acceptors (Lipinski definition) is 9. The molecule has 11 nitrogen and oxygen atoms in total. The first kappa shape index (κ1) is 26.9. The zero-order valence-electron chi connectivity index (χ0n) is 21.3. The molecular weight excluding hydrogens is 462 g/mol. The lowest BCUT2D eigenvalue weighted by Crippen LogP contribution is -2.26. The highest BCUT2D eigenvalue weighted by molar-refractivity contribution is 6.10. The van der Waals surface area contributed by atoms with Gasteiger partial charge in [-0.3, -0.25) is 4.79 Å². The molecular formula is C25H33N7O4. The van der Waals surface area contributed by atoms with E-state index in [1.54, 1.807) is 25.2 Å². The Morgan fingerprint density at radius 2 is 1.75 bits per heavy atom. The summed E-state index contributed by atoms with van der Waals surface area (Å²) in [5.41, 5.74) is 1.91. The van der Waals surface area contributed by atoms with Gasteiger partial charge in [-0.15, -0.1) is 5.10 Å². The van der Waals surface area contributed by atoms with Gasteiger partial charge in [0.1, 0.15) is 5.82 Å². The van der Waals surface area contributed by atoms with Crippen LogP contribution in [0.2, 0.25) is 0 Å². The van der Waals surface area contributed by atoms with Crippen molar-refractivity contribution in [1.29, 1.82) is 0 Å². The van der Waals surface area contributed by atoms with Gasteiger partial charge >= 0.3 is 0 Å². The zero-order valence-corrected chi connectivity index (χ0v) is 21.3. The lowest BCUT2D eigenvalue weighted by atomic mass is 10.1. The van der Waals surface area contributed by atoms with Crippen LogP contribution in [0.4, 0.5) is 5.82 Å². The first-order valence-corrected chi connectivity index (χ1v) is 11.9.